The monoisotopic (exact) mass is 370 g/mol. The zero-order chi connectivity index (χ0) is 19.6. The Kier molecular flexibility index (Phi) is 7.37. The van der Waals surface area contributed by atoms with Crippen LogP contribution >= 0.6 is 0 Å². The molecule has 27 heavy (non-hydrogen) atoms. The van der Waals surface area contributed by atoms with Crippen molar-refractivity contribution in [3.8, 4) is 11.5 Å². The molecule has 1 amide bonds. The van der Waals surface area contributed by atoms with E-state index in [0.29, 0.717) is 29.4 Å². The maximum atomic E-state index is 12.3. The number of carbonyl (C=O) groups is 1. The van der Waals surface area contributed by atoms with Crippen molar-refractivity contribution >= 4 is 23.4 Å². The smallest absolute Gasteiger partial charge is 0.270 e. The molecule has 0 aromatic heterocycles. The van der Waals surface area contributed by atoms with E-state index < -0.39 is 4.92 Å². The SMILES string of the molecule is CCCCOc1ccc(OC)cc1NC(=O)/C=C/c1cccc([N+](=O)[O-])c1. The Balaban J connectivity index is 2.11. The van der Waals surface area contributed by atoms with Gasteiger partial charge in [0.15, 0.2) is 0 Å². The molecule has 0 saturated heterocycles. The topological polar surface area (TPSA) is 90.7 Å². The Bertz CT molecular complexity index is 833. The molecule has 0 aliphatic rings. The molecule has 7 nitrogen and oxygen atoms in total. The molecule has 0 spiro atoms. The molecule has 0 unspecified atom stereocenters. The van der Waals surface area contributed by atoms with Gasteiger partial charge in [-0.1, -0.05) is 25.5 Å². The number of anilines is 1. The molecule has 0 aliphatic carbocycles. The van der Waals surface area contributed by atoms with Crippen LogP contribution in [0.25, 0.3) is 6.08 Å². The first-order chi connectivity index (χ1) is 13.0. The third-order valence-corrected chi connectivity index (χ3v) is 3.71. The van der Waals surface area contributed by atoms with Crippen LogP contribution in [0.2, 0.25) is 0 Å². The van der Waals surface area contributed by atoms with Crippen molar-refractivity contribution in [1.29, 1.82) is 0 Å². The van der Waals surface area contributed by atoms with Crippen molar-refractivity contribution in [2.75, 3.05) is 19.0 Å². The molecule has 0 heterocycles. The fourth-order valence-corrected chi connectivity index (χ4v) is 2.27. The highest BCUT2D eigenvalue weighted by molar-refractivity contribution is 6.02. The van der Waals surface area contributed by atoms with Crippen LogP contribution in [0, 0.1) is 10.1 Å². The van der Waals surface area contributed by atoms with Gasteiger partial charge in [0.2, 0.25) is 5.91 Å². The van der Waals surface area contributed by atoms with Crippen molar-refractivity contribution in [1.82, 2.24) is 0 Å². The van der Waals surface area contributed by atoms with E-state index in [9.17, 15) is 14.9 Å². The zero-order valence-corrected chi connectivity index (χ0v) is 15.3. The van der Waals surface area contributed by atoms with Crippen LogP contribution in [-0.4, -0.2) is 24.5 Å². The van der Waals surface area contributed by atoms with Gasteiger partial charge in [-0.2, -0.15) is 0 Å². The van der Waals surface area contributed by atoms with E-state index >= 15 is 0 Å². The highest BCUT2D eigenvalue weighted by atomic mass is 16.6. The van der Waals surface area contributed by atoms with Crippen LogP contribution in [0.15, 0.2) is 48.5 Å². The van der Waals surface area contributed by atoms with Gasteiger partial charge in [0.05, 0.1) is 24.3 Å². The van der Waals surface area contributed by atoms with Crippen molar-refractivity contribution in [2.45, 2.75) is 19.8 Å². The molecule has 0 fully saturated rings. The second-order valence-corrected chi connectivity index (χ2v) is 5.74. The van der Waals surface area contributed by atoms with Gasteiger partial charge in [0, 0.05) is 24.3 Å². The highest BCUT2D eigenvalue weighted by Gasteiger charge is 2.09. The van der Waals surface area contributed by atoms with E-state index in [0.717, 1.165) is 12.8 Å². The summed E-state index contributed by atoms with van der Waals surface area (Å²) in [5.74, 6) is 0.771. The minimum atomic E-state index is -0.479. The Labute approximate surface area is 157 Å². The fourth-order valence-electron chi connectivity index (χ4n) is 2.27. The lowest BCUT2D eigenvalue weighted by atomic mass is 10.2. The summed E-state index contributed by atoms with van der Waals surface area (Å²) in [6.07, 6.45) is 4.74. The van der Waals surface area contributed by atoms with Gasteiger partial charge < -0.3 is 14.8 Å². The number of nitro benzene ring substituents is 1. The van der Waals surface area contributed by atoms with Crippen LogP contribution in [0.5, 0.6) is 11.5 Å². The number of non-ortho nitro benzene ring substituents is 1. The first kappa shape index (κ1) is 20.0. The minimum absolute atomic E-state index is 0.0306. The van der Waals surface area contributed by atoms with Crippen LogP contribution in [0.3, 0.4) is 0 Å². The summed E-state index contributed by atoms with van der Waals surface area (Å²) in [6, 6.07) is 11.2. The van der Waals surface area contributed by atoms with Crippen molar-refractivity contribution < 1.29 is 19.2 Å². The standard InChI is InChI=1S/C20H22N2O5/c1-3-4-12-27-19-10-9-17(26-2)14-18(19)21-20(23)11-8-15-6-5-7-16(13-15)22(24)25/h5-11,13-14H,3-4,12H2,1-2H3,(H,21,23)/b11-8+. The van der Waals surface area contributed by atoms with Gasteiger partial charge in [-0.05, 0) is 30.2 Å². The van der Waals surface area contributed by atoms with E-state index in [2.05, 4.69) is 12.2 Å². The Morgan fingerprint density at radius 1 is 1.26 bits per heavy atom. The van der Waals surface area contributed by atoms with E-state index in [4.69, 9.17) is 9.47 Å². The zero-order valence-electron chi connectivity index (χ0n) is 15.3. The van der Waals surface area contributed by atoms with Crippen molar-refractivity contribution in [3.63, 3.8) is 0 Å². The average Bonchev–Trinajstić information content (AvgIpc) is 2.67. The third kappa shape index (κ3) is 6.14. The van der Waals surface area contributed by atoms with Gasteiger partial charge >= 0.3 is 0 Å². The summed E-state index contributed by atoms with van der Waals surface area (Å²) >= 11 is 0. The second kappa shape index (κ2) is 9.96. The quantitative estimate of drug-likeness (QED) is 0.305. The van der Waals surface area contributed by atoms with Gasteiger partial charge in [-0.15, -0.1) is 0 Å². The molecule has 2 rings (SSSR count). The molecule has 1 N–H and O–H groups in total. The normalized spacial score (nSPS) is 10.6. The summed E-state index contributed by atoms with van der Waals surface area (Å²) in [5, 5.41) is 13.6. The molecular weight excluding hydrogens is 348 g/mol. The predicted octanol–water partition coefficient (Wildman–Crippen LogP) is 4.43. The summed E-state index contributed by atoms with van der Waals surface area (Å²) in [7, 11) is 1.54. The molecule has 7 heteroatoms. The fraction of sp³-hybridized carbons (Fsp3) is 0.250. The number of nitro groups is 1. The molecule has 0 radical (unpaired) electrons. The van der Waals surface area contributed by atoms with Gasteiger partial charge in [0.1, 0.15) is 11.5 Å². The Morgan fingerprint density at radius 2 is 2.07 bits per heavy atom. The molecule has 2 aromatic carbocycles. The Morgan fingerprint density at radius 3 is 2.78 bits per heavy atom. The maximum Gasteiger partial charge on any atom is 0.270 e. The second-order valence-electron chi connectivity index (χ2n) is 5.74. The number of nitrogens with zero attached hydrogens (tertiary/aromatic N) is 1. The first-order valence-electron chi connectivity index (χ1n) is 8.58. The number of benzene rings is 2. The van der Waals surface area contributed by atoms with Gasteiger partial charge in [0.25, 0.3) is 5.69 Å². The highest BCUT2D eigenvalue weighted by Crippen LogP contribution is 2.29. The number of hydrogen-bond donors (Lipinski definition) is 1. The van der Waals surface area contributed by atoms with Crippen LogP contribution in [-0.2, 0) is 4.79 Å². The summed E-state index contributed by atoms with van der Waals surface area (Å²) in [6.45, 7) is 2.62. The average molecular weight is 370 g/mol. The number of hydrogen-bond acceptors (Lipinski definition) is 5. The number of nitrogens with one attached hydrogen (secondary N) is 1. The summed E-state index contributed by atoms with van der Waals surface area (Å²) in [5.41, 5.74) is 1.03. The lowest BCUT2D eigenvalue weighted by Gasteiger charge is -2.13. The van der Waals surface area contributed by atoms with E-state index in [1.165, 1.54) is 24.3 Å². The molecule has 0 atom stereocenters. The number of carbonyl (C=O) groups excluding carboxylic acids is 1. The molecule has 142 valence electrons. The van der Waals surface area contributed by atoms with Gasteiger partial charge in [-0.25, -0.2) is 0 Å². The number of ether oxygens (including phenoxy) is 2. The Hall–Kier alpha value is -3.35. The van der Waals surface area contributed by atoms with E-state index in [1.807, 2.05) is 0 Å². The van der Waals surface area contributed by atoms with Crippen LogP contribution in [0.4, 0.5) is 11.4 Å². The number of methoxy groups -OCH3 is 1. The predicted molar refractivity (Wildman–Crippen MR) is 104 cm³/mol. The summed E-state index contributed by atoms with van der Waals surface area (Å²) < 4.78 is 10.9. The lowest BCUT2D eigenvalue weighted by molar-refractivity contribution is -0.384. The maximum absolute atomic E-state index is 12.3. The van der Waals surface area contributed by atoms with Crippen LogP contribution in [0.1, 0.15) is 25.3 Å². The molecule has 0 aliphatic heterocycles. The van der Waals surface area contributed by atoms with E-state index in [-0.39, 0.29) is 11.6 Å². The van der Waals surface area contributed by atoms with E-state index in [1.54, 1.807) is 37.4 Å². The lowest BCUT2D eigenvalue weighted by Crippen LogP contribution is -2.10. The molecular formula is C20H22N2O5. The van der Waals surface area contributed by atoms with Gasteiger partial charge in [-0.3, -0.25) is 14.9 Å². The molecule has 0 bridgehead atoms. The summed E-state index contributed by atoms with van der Waals surface area (Å²) in [4.78, 5) is 22.6. The van der Waals surface area contributed by atoms with Crippen LogP contribution < -0.4 is 14.8 Å². The van der Waals surface area contributed by atoms with Crippen molar-refractivity contribution in [2.24, 2.45) is 0 Å². The first-order valence-corrected chi connectivity index (χ1v) is 8.58. The molecule has 2 aromatic rings. The minimum Gasteiger partial charge on any atom is -0.497 e. The third-order valence-electron chi connectivity index (χ3n) is 3.71. The van der Waals surface area contributed by atoms with Crippen molar-refractivity contribution in [3.05, 3.63) is 64.2 Å². The number of amides is 1. The number of unbranched alkanes of at least 4 members (excludes halogenated alkanes) is 1. The largest absolute Gasteiger partial charge is 0.497 e. The molecule has 0 saturated carbocycles. The number of rotatable bonds is 9.